The number of carbonyl (C=O) groups is 2. The maximum Gasteiger partial charge on any atom is 0.271 e. The molecule has 1 rings (SSSR count). The van der Waals surface area contributed by atoms with Gasteiger partial charge in [-0.1, -0.05) is 11.6 Å². The third kappa shape index (κ3) is 3.67. The molecule has 0 fully saturated rings. The van der Waals surface area contributed by atoms with Crippen molar-refractivity contribution in [3.8, 4) is 0 Å². The molecule has 7 heteroatoms. The van der Waals surface area contributed by atoms with Crippen molar-refractivity contribution in [2.75, 3.05) is 6.54 Å². The fraction of sp³-hybridized carbons (Fsp3) is 0.400. The molecular weight excluding hydrogens is 244 g/mol. The number of rotatable bonds is 4. The second kappa shape index (κ2) is 5.09. The predicted molar refractivity (Wildman–Crippen MR) is 62.4 cm³/mol. The SMILES string of the molecule is CC(C)(CNC(=O)c1ccc(Cl)nn1)C(N)=O. The Kier molecular flexibility index (Phi) is 4.01. The minimum atomic E-state index is -0.810. The van der Waals surface area contributed by atoms with Gasteiger partial charge in [0.2, 0.25) is 5.91 Å². The van der Waals surface area contributed by atoms with E-state index < -0.39 is 17.2 Å². The van der Waals surface area contributed by atoms with Crippen LogP contribution >= 0.6 is 11.6 Å². The van der Waals surface area contributed by atoms with Crippen LogP contribution in [0.5, 0.6) is 0 Å². The highest BCUT2D eigenvalue weighted by molar-refractivity contribution is 6.29. The van der Waals surface area contributed by atoms with Crippen LogP contribution in [0.3, 0.4) is 0 Å². The molecule has 1 heterocycles. The van der Waals surface area contributed by atoms with Crippen LogP contribution in [0.15, 0.2) is 12.1 Å². The second-order valence-electron chi connectivity index (χ2n) is 4.17. The van der Waals surface area contributed by atoms with E-state index in [2.05, 4.69) is 15.5 Å². The highest BCUT2D eigenvalue weighted by atomic mass is 35.5. The van der Waals surface area contributed by atoms with E-state index in [9.17, 15) is 9.59 Å². The first-order chi connectivity index (χ1) is 7.83. The molecule has 0 spiro atoms. The fourth-order valence-electron chi connectivity index (χ4n) is 0.916. The highest BCUT2D eigenvalue weighted by Gasteiger charge is 2.25. The summed E-state index contributed by atoms with van der Waals surface area (Å²) >= 11 is 5.54. The van der Waals surface area contributed by atoms with Gasteiger partial charge in [0.25, 0.3) is 5.91 Å². The topological polar surface area (TPSA) is 98.0 Å². The molecular formula is C10H13ClN4O2. The number of nitrogens with two attached hydrogens (primary N) is 1. The molecule has 0 aliphatic rings. The van der Waals surface area contributed by atoms with Gasteiger partial charge in [0.15, 0.2) is 10.8 Å². The first kappa shape index (κ1) is 13.4. The maximum atomic E-state index is 11.6. The van der Waals surface area contributed by atoms with Crippen molar-refractivity contribution < 1.29 is 9.59 Å². The molecule has 0 radical (unpaired) electrons. The van der Waals surface area contributed by atoms with Gasteiger partial charge in [0.1, 0.15) is 0 Å². The van der Waals surface area contributed by atoms with E-state index in [0.29, 0.717) is 0 Å². The van der Waals surface area contributed by atoms with Gasteiger partial charge in [-0.2, -0.15) is 0 Å². The van der Waals surface area contributed by atoms with Crippen LogP contribution in [0, 0.1) is 5.41 Å². The van der Waals surface area contributed by atoms with Crippen molar-refractivity contribution in [2.45, 2.75) is 13.8 Å². The van der Waals surface area contributed by atoms with Gasteiger partial charge in [-0.05, 0) is 26.0 Å². The molecule has 0 aromatic carbocycles. The number of aromatic nitrogens is 2. The van der Waals surface area contributed by atoms with E-state index >= 15 is 0 Å². The average molecular weight is 257 g/mol. The average Bonchev–Trinajstić information content (AvgIpc) is 2.27. The van der Waals surface area contributed by atoms with E-state index in [4.69, 9.17) is 17.3 Å². The molecule has 0 saturated carbocycles. The summed E-state index contributed by atoms with van der Waals surface area (Å²) in [6.45, 7) is 3.41. The monoisotopic (exact) mass is 256 g/mol. The first-order valence-corrected chi connectivity index (χ1v) is 5.28. The third-order valence-corrected chi connectivity index (χ3v) is 2.42. The Labute approximate surface area is 104 Å². The fourth-order valence-corrected chi connectivity index (χ4v) is 1.02. The zero-order valence-electron chi connectivity index (χ0n) is 9.53. The summed E-state index contributed by atoms with van der Waals surface area (Å²) in [5.74, 6) is -0.913. The van der Waals surface area contributed by atoms with Gasteiger partial charge < -0.3 is 11.1 Å². The molecule has 0 bridgehead atoms. The molecule has 0 atom stereocenters. The zero-order valence-corrected chi connectivity index (χ0v) is 10.3. The lowest BCUT2D eigenvalue weighted by molar-refractivity contribution is -0.125. The number of hydrogen-bond donors (Lipinski definition) is 2. The molecule has 6 nitrogen and oxygen atoms in total. The lowest BCUT2D eigenvalue weighted by Crippen LogP contribution is -2.42. The Balaban J connectivity index is 2.62. The maximum absolute atomic E-state index is 11.6. The Bertz CT molecular complexity index is 430. The Morgan fingerprint density at radius 2 is 2.06 bits per heavy atom. The lowest BCUT2D eigenvalue weighted by atomic mass is 9.93. The number of amides is 2. The van der Waals surface area contributed by atoms with Gasteiger partial charge in [0.05, 0.1) is 5.41 Å². The summed E-state index contributed by atoms with van der Waals surface area (Å²) < 4.78 is 0. The van der Waals surface area contributed by atoms with Crippen molar-refractivity contribution in [1.29, 1.82) is 0 Å². The van der Waals surface area contributed by atoms with Crippen LogP contribution in [0.2, 0.25) is 5.15 Å². The lowest BCUT2D eigenvalue weighted by Gasteiger charge is -2.20. The third-order valence-electron chi connectivity index (χ3n) is 2.22. The smallest absolute Gasteiger partial charge is 0.271 e. The molecule has 92 valence electrons. The van der Waals surface area contributed by atoms with E-state index in [1.165, 1.54) is 12.1 Å². The van der Waals surface area contributed by atoms with Crippen molar-refractivity contribution in [3.63, 3.8) is 0 Å². The quantitative estimate of drug-likeness (QED) is 0.813. The van der Waals surface area contributed by atoms with Gasteiger partial charge in [-0.15, -0.1) is 10.2 Å². The number of halogens is 1. The van der Waals surface area contributed by atoms with E-state index in [-0.39, 0.29) is 17.4 Å². The van der Waals surface area contributed by atoms with E-state index in [1.54, 1.807) is 13.8 Å². The van der Waals surface area contributed by atoms with Crippen LogP contribution in [0.25, 0.3) is 0 Å². The molecule has 0 saturated heterocycles. The molecule has 1 aromatic heterocycles. The van der Waals surface area contributed by atoms with Crippen LogP contribution in [0.1, 0.15) is 24.3 Å². The summed E-state index contributed by atoms with van der Waals surface area (Å²) in [4.78, 5) is 22.7. The minimum absolute atomic E-state index is 0.130. The van der Waals surface area contributed by atoms with Crippen LogP contribution in [0.4, 0.5) is 0 Å². The Morgan fingerprint density at radius 3 is 2.53 bits per heavy atom. The molecule has 0 aliphatic heterocycles. The van der Waals surface area contributed by atoms with Crippen molar-refractivity contribution in [3.05, 3.63) is 23.0 Å². The van der Waals surface area contributed by atoms with Crippen molar-refractivity contribution in [2.24, 2.45) is 11.1 Å². The van der Waals surface area contributed by atoms with Gasteiger partial charge >= 0.3 is 0 Å². The molecule has 1 aromatic rings. The van der Waals surface area contributed by atoms with Crippen molar-refractivity contribution >= 4 is 23.4 Å². The first-order valence-electron chi connectivity index (χ1n) is 4.90. The second-order valence-corrected chi connectivity index (χ2v) is 4.56. The van der Waals surface area contributed by atoms with Gasteiger partial charge in [-0.3, -0.25) is 9.59 Å². The summed E-state index contributed by atoms with van der Waals surface area (Å²) in [5, 5.41) is 9.92. The number of carbonyl (C=O) groups excluding carboxylic acids is 2. The number of hydrogen-bond acceptors (Lipinski definition) is 4. The normalized spacial score (nSPS) is 11.0. The standard InChI is InChI=1S/C10H13ClN4O2/c1-10(2,9(12)17)5-13-8(16)6-3-4-7(11)15-14-6/h3-4H,5H2,1-2H3,(H2,12,17)(H,13,16). The molecule has 17 heavy (non-hydrogen) atoms. The molecule has 0 aliphatic carbocycles. The summed E-state index contributed by atoms with van der Waals surface area (Å²) in [5.41, 5.74) is 4.50. The summed E-state index contributed by atoms with van der Waals surface area (Å²) in [6, 6.07) is 2.91. The van der Waals surface area contributed by atoms with Crippen LogP contribution < -0.4 is 11.1 Å². The van der Waals surface area contributed by atoms with Crippen LogP contribution in [-0.2, 0) is 4.79 Å². The van der Waals surface area contributed by atoms with E-state index in [1.807, 2.05) is 0 Å². The molecule has 0 unspecified atom stereocenters. The number of nitrogens with zero attached hydrogens (tertiary/aromatic N) is 2. The van der Waals surface area contributed by atoms with Gasteiger partial charge in [-0.25, -0.2) is 0 Å². The highest BCUT2D eigenvalue weighted by Crippen LogP contribution is 2.12. The molecule has 3 N–H and O–H groups in total. The number of nitrogens with one attached hydrogen (secondary N) is 1. The van der Waals surface area contributed by atoms with Gasteiger partial charge in [0, 0.05) is 6.54 Å². The largest absolute Gasteiger partial charge is 0.369 e. The zero-order chi connectivity index (χ0) is 13.1. The summed E-state index contributed by atoms with van der Waals surface area (Å²) in [6.07, 6.45) is 0. The number of primary amides is 1. The van der Waals surface area contributed by atoms with Crippen molar-refractivity contribution in [1.82, 2.24) is 15.5 Å². The Morgan fingerprint density at radius 1 is 1.41 bits per heavy atom. The minimum Gasteiger partial charge on any atom is -0.369 e. The Hall–Kier alpha value is -1.69. The van der Waals surface area contributed by atoms with Crippen LogP contribution in [-0.4, -0.2) is 28.6 Å². The predicted octanol–water partition coefficient (Wildman–Crippen LogP) is 0.371. The molecule has 2 amide bonds. The summed E-state index contributed by atoms with van der Waals surface area (Å²) in [7, 11) is 0. The van der Waals surface area contributed by atoms with E-state index in [0.717, 1.165) is 0 Å².